The molecule has 0 aliphatic heterocycles. The van der Waals surface area contributed by atoms with Crippen LogP contribution < -0.4 is 19.7 Å². The fourth-order valence-electron chi connectivity index (χ4n) is 4.34. The molecule has 0 saturated heterocycles. The average molecular weight is 553 g/mol. The minimum atomic E-state index is -3.87. The van der Waals surface area contributed by atoms with Crippen LogP contribution in [0.4, 0.5) is 22.7 Å². The molecule has 0 atom stereocenters. The number of anilines is 4. The van der Waals surface area contributed by atoms with Crippen LogP contribution >= 0.6 is 0 Å². The molecule has 0 fully saturated rings. The molecule has 0 spiro atoms. The Morgan fingerprint density at radius 2 is 1.42 bits per heavy atom. The summed E-state index contributed by atoms with van der Waals surface area (Å²) in [6, 6.07) is 26.2. The van der Waals surface area contributed by atoms with Crippen LogP contribution in [0.2, 0.25) is 0 Å². The van der Waals surface area contributed by atoms with E-state index in [2.05, 4.69) is 14.8 Å². The van der Waals surface area contributed by atoms with Gasteiger partial charge in [0, 0.05) is 47.5 Å². The zero-order valence-electron chi connectivity index (χ0n) is 21.6. The van der Waals surface area contributed by atoms with Gasteiger partial charge in [0.05, 0.1) is 16.8 Å². The van der Waals surface area contributed by atoms with Gasteiger partial charge >= 0.3 is 0 Å². The van der Waals surface area contributed by atoms with Crippen molar-refractivity contribution in [2.75, 3.05) is 40.8 Å². The van der Waals surface area contributed by atoms with E-state index in [4.69, 9.17) is 0 Å². The van der Waals surface area contributed by atoms with Gasteiger partial charge in [-0.15, -0.1) is 0 Å². The van der Waals surface area contributed by atoms with Crippen molar-refractivity contribution >= 4 is 53.6 Å². The average Bonchev–Trinajstić information content (AvgIpc) is 2.88. The van der Waals surface area contributed by atoms with Crippen molar-refractivity contribution < 1.29 is 16.8 Å². The molecule has 0 bridgehead atoms. The Bertz CT molecular complexity index is 1640. The normalized spacial score (nSPS) is 11.9. The molecule has 0 aliphatic carbocycles. The van der Waals surface area contributed by atoms with Crippen LogP contribution in [0.15, 0.2) is 89.8 Å². The van der Waals surface area contributed by atoms with Gasteiger partial charge in [0.1, 0.15) is 0 Å². The molecule has 4 aromatic rings. The van der Waals surface area contributed by atoms with Crippen LogP contribution in [-0.2, 0) is 20.0 Å². The smallest absolute Gasteiger partial charge is 0.262 e. The molecule has 0 aromatic heterocycles. The molecular weight excluding hydrogens is 520 g/mol. The van der Waals surface area contributed by atoms with Crippen LogP contribution in [0.3, 0.4) is 0 Å². The molecule has 0 radical (unpaired) electrons. The van der Waals surface area contributed by atoms with Crippen molar-refractivity contribution in [3.8, 4) is 0 Å². The first-order valence-corrected chi connectivity index (χ1v) is 15.6. The highest BCUT2D eigenvalue weighted by Gasteiger charge is 2.20. The molecule has 200 valence electrons. The molecule has 38 heavy (non-hydrogen) atoms. The number of sulfonamides is 2. The first kappa shape index (κ1) is 27.4. The van der Waals surface area contributed by atoms with Crippen LogP contribution in [0.25, 0.3) is 10.8 Å². The number of benzene rings is 4. The topological polar surface area (TPSA) is 108 Å². The Morgan fingerprint density at radius 3 is 2.05 bits per heavy atom. The highest BCUT2D eigenvalue weighted by atomic mass is 32.2. The summed E-state index contributed by atoms with van der Waals surface area (Å²) in [6.07, 6.45) is 1.12. The van der Waals surface area contributed by atoms with E-state index in [1.54, 1.807) is 25.1 Å². The van der Waals surface area contributed by atoms with Gasteiger partial charge in [-0.1, -0.05) is 42.5 Å². The number of para-hydroxylation sites is 1. The molecule has 10 heteroatoms. The maximum atomic E-state index is 13.5. The molecule has 0 unspecified atom stereocenters. The van der Waals surface area contributed by atoms with Gasteiger partial charge in [0.25, 0.3) is 10.0 Å². The van der Waals surface area contributed by atoms with E-state index in [9.17, 15) is 16.8 Å². The predicted molar refractivity (Wildman–Crippen MR) is 156 cm³/mol. The SMILES string of the molecule is CCN(CCNS(C)(=O)=O)c1ccc(S(=O)(=O)Nc2ccc(Nc3ccccc3)c3ccccc23)c(C)c1. The summed E-state index contributed by atoms with van der Waals surface area (Å²) in [7, 11) is -7.15. The summed E-state index contributed by atoms with van der Waals surface area (Å²) in [6.45, 7) is 5.08. The van der Waals surface area contributed by atoms with Crippen molar-refractivity contribution in [1.82, 2.24) is 4.72 Å². The third-order valence-electron chi connectivity index (χ3n) is 6.16. The van der Waals surface area contributed by atoms with Gasteiger partial charge in [0.2, 0.25) is 10.0 Å². The fraction of sp³-hybridized carbons (Fsp3) is 0.214. The summed E-state index contributed by atoms with van der Waals surface area (Å²) in [5.74, 6) is 0. The number of aryl methyl sites for hydroxylation is 1. The molecule has 0 saturated carbocycles. The number of nitrogens with zero attached hydrogens (tertiary/aromatic N) is 1. The minimum absolute atomic E-state index is 0.183. The third kappa shape index (κ3) is 6.63. The molecule has 3 N–H and O–H groups in total. The molecular formula is C28H32N4O4S2. The first-order valence-electron chi connectivity index (χ1n) is 12.2. The number of fused-ring (bicyclic) bond motifs is 1. The molecule has 4 aromatic carbocycles. The first-order chi connectivity index (χ1) is 18.1. The largest absolute Gasteiger partial charge is 0.370 e. The van der Waals surface area contributed by atoms with E-state index in [0.717, 1.165) is 34.1 Å². The van der Waals surface area contributed by atoms with Crippen LogP contribution in [0.1, 0.15) is 12.5 Å². The number of hydrogen-bond donors (Lipinski definition) is 3. The minimum Gasteiger partial charge on any atom is -0.370 e. The second-order valence-corrected chi connectivity index (χ2v) is 12.5. The van der Waals surface area contributed by atoms with Gasteiger partial charge in [-0.2, -0.15) is 0 Å². The van der Waals surface area contributed by atoms with Crippen molar-refractivity contribution in [2.45, 2.75) is 18.7 Å². The lowest BCUT2D eigenvalue weighted by Crippen LogP contribution is -2.34. The fourth-order valence-corrected chi connectivity index (χ4v) is 6.11. The number of rotatable bonds is 11. The van der Waals surface area contributed by atoms with Crippen molar-refractivity contribution in [2.24, 2.45) is 0 Å². The Hall–Kier alpha value is -3.60. The van der Waals surface area contributed by atoms with Gasteiger partial charge in [-0.25, -0.2) is 21.6 Å². The van der Waals surface area contributed by atoms with E-state index in [1.807, 2.05) is 78.6 Å². The summed E-state index contributed by atoms with van der Waals surface area (Å²) in [5.41, 5.74) is 3.72. The standard InChI is InChI=1S/C28H32N4O4S2/c1-4-32(19-18-29-37(3,33)34)23-14-17-28(21(2)20-23)38(35,36)31-27-16-15-26(24-12-8-9-13-25(24)27)30-22-10-6-5-7-11-22/h5-17,20,29-31H,4,18-19H2,1-3H3. The quantitative estimate of drug-likeness (QED) is 0.240. The Morgan fingerprint density at radius 1 is 0.789 bits per heavy atom. The zero-order valence-corrected chi connectivity index (χ0v) is 23.2. The van der Waals surface area contributed by atoms with Crippen molar-refractivity contribution in [3.05, 3.63) is 90.5 Å². The zero-order chi connectivity index (χ0) is 27.3. The van der Waals surface area contributed by atoms with Gasteiger partial charge in [-0.05, 0) is 61.9 Å². The Labute approximate surface area is 224 Å². The molecule has 0 aliphatic rings. The molecule has 4 rings (SSSR count). The Kier molecular flexibility index (Phi) is 8.25. The van der Waals surface area contributed by atoms with Crippen molar-refractivity contribution in [3.63, 3.8) is 0 Å². The second kappa shape index (κ2) is 11.4. The lowest BCUT2D eigenvalue weighted by atomic mass is 10.1. The number of likely N-dealkylation sites (N-methyl/N-ethyl adjacent to an activating group) is 1. The van der Waals surface area contributed by atoms with Gasteiger partial charge in [-0.3, -0.25) is 4.72 Å². The maximum absolute atomic E-state index is 13.5. The molecule has 0 amide bonds. The highest BCUT2D eigenvalue weighted by Crippen LogP contribution is 2.33. The second-order valence-electron chi connectivity index (χ2n) is 9.00. The Balaban J connectivity index is 1.58. The van der Waals surface area contributed by atoms with Crippen LogP contribution in [0.5, 0.6) is 0 Å². The predicted octanol–water partition coefficient (Wildman–Crippen LogP) is 5.07. The summed E-state index contributed by atoms with van der Waals surface area (Å²) < 4.78 is 54.9. The summed E-state index contributed by atoms with van der Waals surface area (Å²) >= 11 is 0. The molecule has 8 nitrogen and oxygen atoms in total. The van der Waals surface area contributed by atoms with Crippen molar-refractivity contribution in [1.29, 1.82) is 0 Å². The van der Waals surface area contributed by atoms with E-state index in [0.29, 0.717) is 24.3 Å². The maximum Gasteiger partial charge on any atom is 0.262 e. The lowest BCUT2D eigenvalue weighted by Gasteiger charge is -2.24. The summed E-state index contributed by atoms with van der Waals surface area (Å²) in [4.78, 5) is 2.17. The van der Waals surface area contributed by atoms with E-state index >= 15 is 0 Å². The van der Waals surface area contributed by atoms with E-state index < -0.39 is 20.0 Å². The monoisotopic (exact) mass is 552 g/mol. The van der Waals surface area contributed by atoms with E-state index in [1.165, 1.54) is 0 Å². The van der Waals surface area contributed by atoms with E-state index in [-0.39, 0.29) is 11.4 Å². The lowest BCUT2D eigenvalue weighted by molar-refractivity contribution is 0.586. The molecule has 0 heterocycles. The third-order valence-corrected chi connectivity index (χ3v) is 8.42. The van der Waals surface area contributed by atoms with Gasteiger partial charge in [0.15, 0.2) is 0 Å². The summed E-state index contributed by atoms with van der Waals surface area (Å²) in [5, 5.41) is 5.08. The number of hydrogen-bond acceptors (Lipinski definition) is 6. The van der Waals surface area contributed by atoms with Crippen LogP contribution in [0, 0.1) is 6.92 Å². The van der Waals surface area contributed by atoms with Crippen LogP contribution in [-0.4, -0.2) is 42.7 Å². The highest BCUT2D eigenvalue weighted by molar-refractivity contribution is 7.92. The van der Waals surface area contributed by atoms with Gasteiger partial charge < -0.3 is 10.2 Å². The number of nitrogens with one attached hydrogen (secondary N) is 3.